The van der Waals surface area contributed by atoms with E-state index in [1.807, 2.05) is 41.8 Å². The molecule has 0 saturated heterocycles. The highest BCUT2D eigenvalue weighted by atomic mass is 32.1. The topological polar surface area (TPSA) is 71.3 Å². The van der Waals surface area contributed by atoms with Crippen LogP contribution < -0.4 is 5.32 Å². The molecule has 156 valence electrons. The first kappa shape index (κ1) is 19.7. The van der Waals surface area contributed by atoms with Gasteiger partial charge in [0.2, 0.25) is 11.7 Å². The lowest BCUT2D eigenvalue weighted by Crippen LogP contribution is -2.30. The molecule has 0 unspecified atom stereocenters. The summed E-state index contributed by atoms with van der Waals surface area (Å²) >= 11 is 1.55. The van der Waals surface area contributed by atoms with Gasteiger partial charge in [-0.15, -0.1) is 11.3 Å². The molecule has 1 aliphatic heterocycles. The van der Waals surface area contributed by atoms with Crippen molar-refractivity contribution in [3.05, 3.63) is 94.2 Å². The second-order valence-electron chi connectivity index (χ2n) is 7.60. The second kappa shape index (κ2) is 8.83. The minimum Gasteiger partial charge on any atom is -0.343 e. The first-order chi connectivity index (χ1) is 15.2. The highest BCUT2D eigenvalue weighted by Gasteiger charge is 2.16. The summed E-state index contributed by atoms with van der Waals surface area (Å²) < 4.78 is 5.23. The Morgan fingerprint density at radius 3 is 2.71 bits per heavy atom. The van der Waals surface area contributed by atoms with Crippen molar-refractivity contribution in [2.75, 3.05) is 6.54 Å². The number of aromatic nitrogens is 2. The van der Waals surface area contributed by atoms with Crippen molar-refractivity contribution in [2.24, 2.45) is 0 Å². The summed E-state index contributed by atoms with van der Waals surface area (Å²) in [6.45, 7) is 3.10. The number of fused-ring (bicyclic) bond motifs is 1. The number of nitrogens with zero attached hydrogens (tertiary/aromatic N) is 3. The number of nitrogens with one attached hydrogen (secondary N) is 1. The van der Waals surface area contributed by atoms with Crippen molar-refractivity contribution in [1.29, 1.82) is 0 Å². The fourth-order valence-electron chi connectivity index (χ4n) is 3.80. The van der Waals surface area contributed by atoms with Gasteiger partial charge in [-0.25, -0.2) is 0 Å². The lowest BCUT2D eigenvalue weighted by atomic mass is 9.99. The van der Waals surface area contributed by atoms with Crippen molar-refractivity contribution in [1.82, 2.24) is 20.4 Å². The quantitative estimate of drug-likeness (QED) is 0.494. The largest absolute Gasteiger partial charge is 0.343 e. The van der Waals surface area contributed by atoms with E-state index in [-0.39, 0.29) is 12.5 Å². The summed E-state index contributed by atoms with van der Waals surface area (Å²) in [6, 6.07) is 20.3. The molecule has 5 rings (SSSR count). The zero-order valence-corrected chi connectivity index (χ0v) is 17.8. The molecule has 0 spiro atoms. The molecule has 0 radical (unpaired) electrons. The highest BCUT2D eigenvalue weighted by Crippen LogP contribution is 2.22. The van der Waals surface area contributed by atoms with Gasteiger partial charge in [-0.3, -0.25) is 9.69 Å². The Morgan fingerprint density at radius 1 is 1.06 bits per heavy atom. The molecule has 0 bridgehead atoms. The van der Waals surface area contributed by atoms with E-state index in [2.05, 4.69) is 44.6 Å². The van der Waals surface area contributed by atoms with Crippen molar-refractivity contribution in [3.8, 4) is 10.7 Å². The molecule has 1 aliphatic rings. The molecule has 2 aromatic heterocycles. The maximum absolute atomic E-state index is 12.5. The van der Waals surface area contributed by atoms with E-state index in [9.17, 15) is 4.79 Å². The molecular weight excluding hydrogens is 408 g/mol. The van der Waals surface area contributed by atoms with E-state index in [4.69, 9.17) is 4.52 Å². The molecular formula is C24H22N4O2S. The second-order valence-corrected chi connectivity index (χ2v) is 8.55. The normalized spacial score (nSPS) is 13.7. The maximum Gasteiger partial charge on any atom is 0.251 e. The third-order valence-corrected chi connectivity index (χ3v) is 6.31. The number of rotatable bonds is 6. The molecule has 1 amide bonds. The van der Waals surface area contributed by atoms with Gasteiger partial charge in [-0.05, 0) is 46.7 Å². The van der Waals surface area contributed by atoms with Crippen molar-refractivity contribution < 1.29 is 9.32 Å². The fourth-order valence-corrected chi connectivity index (χ4v) is 4.45. The molecule has 31 heavy (non-hydrogen) atoms. The van der Waals surface area contributed by atoms with Crippen LogP contribution in [0, 0.1) is 0 Å². The lowest BCUT2D eigenvalue weighted by molar-refractivity contribution is 0.0946. The van der Waals surface area contributed by atoms with Crippen LogP contribution in [-0.2, 0) is 26.1 Å². The Labute approximate surface area is 184 Å². The molecule has 0 aliphatic carbocycles. The van der Waals surface area contributed by atoms with Gasteiger partial charge < -0.3 is 9.84 Å². The average molecular weight is 431 g/mol. The van der Waals surface area contributed by atoms with Crippen LogP contribution in [0.15, 0.2) is 70.6 Å². The predicted molar refractivity (Wildman–Crippen MR) is 119 cm³/mol. The van der Waals surface area contributed by atoms with Gasteiger partial charge in [-0.2, -0.15) is 4.98 Å². The Balaban J connectivity index is 1.15. The summed E-state index contributed by atoms with van der Waals surface area (Å²) in [7, 11) is 0. The van der Waals surface area contributed by atoms with Gasteiger partial charge >= 0.3 is 0 Å². The molecule has 0 fully saturated rings. The van der Waals surface area contributed by atoms with Gasteiger partial charge in [0.05, 0.1) is 11.4 Å². The van der Waals surface area contributed by atoms with Crippen LogP contribution in [0.2, 0.25) is 0 Å². The monoisotopic (exact) mass is 430 g/mol. The Morgan fingerprint density at radius 2 is 1.90 bits per heavy atom. The van der Waals surface area contributed by atoms with Crippen molar-refractivity contribution in [3.63, 3.8) is 0 Å². The Bertz CT molecular complexity index is 1170. The zero-order chi connectivity index (χ0) is 21.0. The van der Waals surface area contributed by atoms with Gasteiger partial charge in [0.1, 0.15) is 0 Å². The van der Waals surface area contributed by atoms with Crippen LogP contribution in [0.1, 0.15) is 32.9 Å². The van der Waals surface area contributed by atoms with Crippen LogP contribution in [0.3, 0.4) is 0 Å². The molecule has 6 nitrogen and oxygen atoms in total. The van der Waals surface area contributed by atoms with Crippen LogP contribution in [0.25, 0.3) is 10.7 Å². The number of thiophene rings is 1. The third kappa shape index (κ3) is 4.57. The summed E-state index contributed by atoms with van der Waals surface area (Å²) in [4.78, 5) is 20.2. The molecule has 4 aromatic rings. The smallest absolute Gasteiger partial charge is 0.251 e. The summed E-state index contributed by atoms with van der Waals surface area (Å²) in [5.74, 6) is 0.775. The summed E-state index contributed by atoms with van der Waals surface area (Å²) in [5.41, 5.74) is 4.68. The van der Waals surface area contributed by atoms with Gasteiger partial charge in [0.25, 0.3) is 5.91 Å². The average Bonchev–Trinajstić information content (AvgIpc) is 3.50. The van der Waals surface area contributed by atoms with E-state index in [0.717, 1.165) is 30.9 Å². The van der Waals surface area contributed by atoms with E-state index >= 15 is 0 Å². The molecule has 3 heterocycles. The molecule has 0 atom stereocenters. The van der Waals surface area contributed by atoms with Crippen LogP contribution >= 0.6 is 11.3 Å². The minimum atomic E-state index is -0.158. The number of hydrogen-bond donors (Lipinski definition) is 1. The van der Waals surface area contributed by atoms with E-state index in [1.54, 1.807) is 11.3 Å². The van der Waals surface area contributed by atoms with E-state index in [1.165, 1.54) is 16.7 Å². The first-order valence-electron chi connectivity index (χ1n) is 10.3. The first-order valence-corrected chi connectivity index (χ1v) is 11.2. The number of carbonyl (C=O) groups is 1. The summed E-state index contributed by atoms with van der Waals surface area (Å²) in [6.07, 6.45) is 1.08. The van der Waals surface area contributed by atoms with Gasteiger partial charge in [0, 0.05) is 25.2 Å². The SMILES string of the molecule is O=C(NCc1nc(-c2cccs2)no1)c1ccc(CN2CCc3ccccc3C2)cc1. The standard InChI is InChI=1S/C24H22N4O2S/c29-24(25-14-22-26-23(27-30-22)21-6-3-13-31-21)19-9-7-17(8-10-19)15-28-12-11-18-4-1-2-5-20(18)16-28/h1-10,13H,11-12,14-16H2,(H,25,29). The van der Waals surface area contributed by atoms with Crippen molar-refractivity contribution >= 4 is 17.2 Å². The van der Waals surface area contributed by atoms with Crippen LogP contribution in [0.4, 0.5) is 0 Å². The molecule has 0 saturated carbocycles. The Hall–Kier alpha value is -3.29. The minimum absolute atomic E-state index is 0.158. The lowest BCUT2D eigenvalue weighted by Gasteiger charge is -2.28. The van der Waals surface area contributed by atoms with Crippen molar-refractivity contribution in [2.45, 2.75) is 26.1 Å². The Kier molecular flexibility index (Phi) is 5.60. The number of carbonyl (C=O) groups excluding carboxylic acids is 1. The third-order valence-electron chi connectivity index (χ3n) is 5.44. The summed E-state index contributed by atoms with van der Waals surface area (Å²) in [5, 5.41) is 8.76. The van der Waals surface area contributed by atoms with E-state index < -0.39 is 0 Å². The fraction of sp³-hybridized carbons (Fsp3) is 0.208. The number of hydrogen-bond acceptors (Lipinski definition) is 6. The highest BCUT2D eigenvalue weighted by molar-refractivity contribution is 7.13. The molecule has 7 heteroatoms. The van der Waals surface area contributed by atoms with Gasteiger partial charge in [0.15, 0.2) is 0 Å². The molecule has 2 aromatic carbocycles. The number of benzene rings is 2. The van der Waals surface area contributed by atoms with Crippen LogP contribution in [0.5, 0.6) is 0 Å². The number of amides is 1. The van der Waals surface area contributed by atoms with Gasteiger partial charge in [-0.1, -0.05) is 47.6 Å². The predicted octanol–water partition coefficient (Wildman–Crippen LogP) is 4.29. The van der Waals surface area contributed by atoms with Crippen LogP contribution in [-0.4, -0.2) is 27.5 Å². The molecule has 1 N–H and O–H groups in total. The van der Waals surface area contributed by atoms with E-state index in [0.29, 0.717) is 17.3 Å². The zero-order valence-electron chi connectivity index (χ0n) is 17.0. The maximum atomic E-state index is 12.5.